The molecular weight excluding hydrogens is 371 g/mol. The molecule has 0 atom stereocenters. The molecule has 2 heterocycles. The number of halogens is 2. The van der Waals surface area contributed by atoms with Crippen LogP contribution in [0.25, 0.3) is 17.1 Å². The van der Waals surface area contributed by atoms with Crippen molar-refractivity contribution in [2.45, 2.75) is 6.42 Å². The number of fused-ring (bicyclic) bond motifs is 1. The van der Waals surface area contributed by atoms with Crippen LogP contribution in [0.2, 0.25) is 10.0 Å². The van der Waals surface area contributed by atoms with Crippen molar-refractivity contribution in [1.29, 1.82) is 0 Å². The van der Waals surface area contributed by atoms with Gasteiger partial charge in [-0.15, -0.1) is 11.3 Å². The molecule has 0 radical (unpaired) electrons. The van der Waals surface area contributed by atoms with Crippen LogP contribution < -0.4 is 5.56 Å². The van der Waals surface area contributed by atoms with E-state index in [9.17, 15) is 9.59 Å². The lowest BCUT2D eigenvalue weighted by Crippen LogP contribution is -2.17. The lowest BCUT2D eigenvalue weighted by molar-refractivity contribution is -0.136. The highest BCUT2D eigenvalue weighted by Crippen LogP contribution is 2.26. The SMILES string of the molecule is O=C(O)Cc1csc2nc(/C=C/c3c(Cl)cccc3Cl)cc(=O)n12. The maximum Gasteiger partial charge on any atom is 0.309 e. The number of carbonyl (C=O) groups is 1. The minimum absolute atomic E-state index is 0.230. The zero-order chi connectivity index (χ0) is 17.3. The maximum absolute atomic E-state index is 12.3. The topological polar surface area (TPSA) is 71.7 Å². The Hall–Kier alpha value is -2.15. The molecule has 3 rings (SSSR count). The Morgan fingerprint density at radius 3 is 2.67 bits per heavy atom. The first-order valence-corrected chi connectivity index (χ1v) is 8.43. The first kappa shape index (κ1) is 16.7. The summed E-state index contributed by atoms with van der Waals surface area (Å²) < 4.78 is 1.30. The average Bonchev–Trinajstić information content (AvgIpc) is 2.89. The summed E-state index contributed by atoms with van der Waals surface area (Å²) in [5, 5.41) is 11.5. The minimum Gasteiger partial charge on any atom is -0.481 e. The molecule has 5 nitrogen and oxygen atoms in total. The molecule has 0 aliphatic carbocycles. The van der Waals surface area contributed by atoms with E-state index in [0.717, 1.165) is 0 Å². The third-order valence-electron chi connectivity index (χ3n) is 3.25. The molecule has 0 aliphatic rings. The van der Waals surface area contributed by atoms with Crippen LogP contribution in [0.3, 0.4) is 0 Å². The number of thiazole rings is 1. The van der Waals surface area contributed by atoms with E-state index in [1.807, 2.05) is 0 Å². The van der Waals surface area contributed by atoms with Gasteiger partial charge in [0, 0.05) is 32.7 Å². The Bertz CT molecular complexity index is 1000. The van der Waals surface area contributed by atoms with Crippen molar-refractivity contribution in [2.24, 2.45) is 0 Å². The van der Waals surface area contributed by atoms with Gasteiger partial charge in [0.15, 0.2) is 4.96 Å². The number of rotatable bonds is 4. The van der Waals surface area contributed by atoms with Gasteiger partial charge in [0.25, 0.3) is 5.56 Å². The molecule has 0 unspecified atom stereocenters. The lowest BCUT2D eigenvalue weighted by Gasteiger charge is -2.01. The molecule has 1 N–H and O–H groups in total. The molecule has 0 fully saturated rings. The Morgan fingerprint density at radius 2 is 2.00 bits per heavy atom. The van der Waals surface area contributed by atoms with Crippen molar-refractivity contribution in [3.8, 4) is 0 Å². The third kappa shape index (κ3) is 3.36. The fourth-order valence-corrected chi connectivity index (χ4v) is 3.62. The first-order chi connectivity index (χ1) is 11.5. The smallest absolute Gasteiger partial charge is 0.309 e. The molecular formula is C16H10Cl2N2O3S. The molecule has 2 aromatic heterocycles. The van der Waals surface area contributed by atoms with Gasteiger partial charge in [-0.3, -0.25) is 14.0 Å². The molecule has 0 aliphatic heterocycles. The van der Waals surface area contributed by atoms with Gasteiger partial charge in [0.1, 0.15) is 0 Å². The van der Waals surface area contributed by atoms with E-state index in [2.05, 4.69) is 4.98 Å². The third-order valence-corrected chi connectivity index (χ3v) is 4.78. The summed E-state index contributed by atoms with van der Waals surface area (Å²) in [5.41, 5.74) is 1.16. The van der Waals surface area contributed by atoms with Crippen LogP contribution >= 0.6 is 34.5 Å². The largest absolute Gasteiger partial charge is 0.481 e. The van der Waals surface area contributed by atoms with E-state index in [1.54, 1.807) is 35.7 Å². The second-order valence-electron chi connectivity index (χ2n) is 4.90. The molecule has 0 saturated heterocycles. The molecule has 0 bridgehead atoms. The van der Waals surface area contributed by atoms with Gasteiger partial charge in [-0.1, -0.05) is 29.3 Å². The highest BCUT2D eigenvalue weighted by atomic mass is 35.5. The lowest BCUT2D eigenvalue weighted by atomic mass is 10.2. The van der Waals surface area contributed by atoms with Crippen LogP contribution in [0.5, 0.6) is 0 Å². The standard InChI is InChI=1S/C16H10Cl2N2O3S/c17-12-2-1-3-13(18)11(12)5-4-9-6-14(21)20-10(7-15(22)23)8-24-16(20)19-9/h1-6,8H,7H2,(H,22,23)/b5-4+. The Kier molecular flexibility index (Phi) is 4.71. The highest BCUT2D eigenvalue weighted by Gasteiger charge is 2.11. The number of aromatic nitrogens is 2. The Balaban J connectivity index is 2.01. The molecule has 0 saturated carbocycles. The van der Waals surface area contributed by atoms with E-state index in [-0.39, 0.29) is 12.0 Å². The molecule has 8 heteroatoms. The first-order valence-electron chi connectivity index (χ1n) is 6.80. The second-order valence-corrected chi connectivity index (χ2v) is 6.55. The normalized spacial score (nSPS) is 11.4. The van der Waals surface area contributed by atoms with E-state index in [0.29, 0.717) is 32.0 Å². The summed E-state index contributed by atoms with van der Waals surface area (Å²) in [4.78, 5) is 27.9. The second kappa shape index (κ2) is 6.76. The fraction of sp³-hybridized carbons (Fsp3) is 0.0625. The van der Waals surface area contributed by atoms with Crippen LogP contribution in [0, 0.1) is 0 Å². The fourth-order valence-electron chi connectivity index (χ4n) is 2.19. The maximum atomic E-state index is 12.3. The van der Waals surface area contributed by atoms with Crippen molar-refractivity contribution in [3.05, 3.63) is 67.0 Å². The van der Waals surface area contributed by atoms with Gasteiger partial charge in [0.05, 0.1) is 12.1 Å². The monoisotopic (exact) mass is 380 g/mol. The van der Waals surface area contributed by atoms with E-state index < -0.39 is 5.97 Å². The number of aliphatic carboxylic acids is 1. The van der Waals surface area contributed by atoms with Crippen LogP contribution in [0.15, 0.2) is 34.4 Å². The number of carboxylic acid groups (broad SMARTS) is 1. The van der Waals surface area contributed by atoms with E-state index >= 15 is 0 Å². The van der Waals surface area contributed by atoms with Crippen LogP contribution in [-0.2, 0) is 11.2 Å². The number of hydrogen-bond acceptors (Lipinski definition) is 4. The molecule has 0 spiro atoms. The predicted molar refractivity (Wildman–Crippen MR) is 96.1 cm³/mol. The molecule has 24 heavy (non-hydrogen) atoms. The molecule has 0 amide bonds. The summed E-state index contributed by atoms with van der Waals surface area (Å²) in [6.07, 6.45) is 3.10. The summed E-state index contributed by atoms with van der Waals surface area (Å²) >= 11 is 13.4. The quantitative estimate of drug-likeness (QED) is 0.745. The summed E-state index contributed by atoms with van der Waals surface area (Å²) in [7, 11) is 0. The predicted octanol–water partition coefficient (Wildman–Crippen LogP) is 3.86. The van der Waals surface area contributed by atoms with Crippen molar-refractivity contribution in [1.82, 2.24) is 9.38 Å². The average molecular weight is 381 g/mol. The summed E-state index contributed by atoms with van der Waals surface area (Å²) in [5.74, 6) is -1.00. The van der Waals surface area contributed by atoms with Crippen molar-refractivity contribution in [2.75, 3.05) is 0 Å². The van der Waals surface area contributed by atoms with Crippen molar-refractivity contribution >= 4 is 57.6 Å². The Labute approximate surface area is 150 Å². The number of hydrogen-bond donors (Lipinski definition) is 1. The van der Waals surface area contributed by atoms with Gasteiger partial charge in [0.2, 0.25) is 0 Å². The zero-order valence-corrected chi connectivity index (χ0v) is 14.4. The van der Waals surface area contributed by atoms with Gasteiger partial charge < -0.3 is 5.11 Å². The van der Waals surface area contributed by atoms with E-state index in [1.165, 1.54) is 21.8 Å². The molecule has 3 aromatic rings. The number of nitrogens with zero attached hydrogens (tertiary/aromatic N) is 2. The van der Waals surface area contributed by atoms with Crippen LogP contribution in [0.4, 0.5) is 0 Å². The summed E-state index contributed by atoms with van der Waals surface area (Å²) in [6, 6.07) is 6.52. The molecule has 122 valence electrons. The molecule has 1 aromatic carbocycles. The van der Waals surface area contributed by atoms with Crippen molar-refractivity contribution in [3.63, 3.8) is 0 Å². The van der Waals surface area contributed by atoms with Gasteiger partial charge in [-0.05, 0) is 24.3 Å². The highest BCUT2D eigenvalue weighted by molar-refractivity contribution is 7.15. The van der Waals surface area contributed by atoms with Crippen LogP contribution in [-0.4, -0.2) is 20.5 Å². The van der Waals surface area contributed by atoms with Crippen LogP contribution in [0.1, 0.15) is 17.0 Å². The van der Waals surface area contributed by atoms with Gasteiger partial charge in [-0.25, -0.2) is 4.98 Å². The minimum atomic E-state index is -1.00. The zero-order valence-electron chi connectivity index (χ0n) is 12.1. The van der Waals surface area contributed by atoms with Gasteiger partial charge in [-0.2, -0.15) is 0 Å². The summed E-state index contributed by atoms with van der Waals surface area (Å²) in [6.45, 7) is 0. The van der Waals surface area contributed by atoms with Gasteiger partial charge >= 0.3 is 5.97 Å². The van der Waals surface area contributed by atoms with E-state index in [4.69, 9.17) is 28.3 Å². The number of benzene rings is 1. The number of carboxylic acids is 1. The Morgan fingerprint density at radius 1 is 1.29 bits per heavy atom. The van der Waals surface area contributed by atoms with Crippen molar-refractivity contribution < 1.29 is 9.90 Å².